The van der Waals surface area contributed by atoms with Crippen molar-refractivity contribution in [1.82, 2.24) is 14.3 Å². The third-order valence-corrected chi connectivity index (χ3v) is 3.30. The van der Waals surface area contributed by atoms with Gasteiger partial charge in [0.25, 0.3) is 0 Å². The Morgan fingerprint density at radius 2 is 2.30 bits per heavy atom. The van der Waals surface area contributed by atoms with E-state index in [0.29, 0.717) is 25.6 Å². The number of hydrogen-bond donors (Lipinski definition) is 0. The largest absolute Gasteiger partial charge is 0.375 e. The number of rotatable bonds is 6. The van der Waals surface area contributed by atoms with E-state index in [0.717, 1.165) is 10.0 Å². The van der Waals surface area contributed by atoms with E-state index in [1.165, 1.54) is 9.25 Å². The van der Waals surface area contributed by atoms with Gasteiger partial charge >= 0.3 is 5.69 Å². The molecule has 0 aliphatic carbocycles. The third-order valence-electron chi connectivity index (χ3n) is 2.81. The van der Waals surface area contributed by atoms with Crippen LogP contribution in [0, 0.1) is 0 Å². The van der Waals surface area contributed by atoms with Gasteiger partial charge in [0.05, 0.1) is 19.8 Å². The molecule has 0 aliphatic rings. The molecule has 0 unspecified atom stereocenters. The van der Waals surface area contributed by atoms with Crippen molar-refractivity contribution >= 4 is 15.9 Å². The number of hydrogen-bond acceptors (Lipinski definition) is 3. The molecular formula is C14H16BrN3O2. The third kappa shape index (κ3) is 3.26. The average Bonchev–Trinajstić information content (AvgIpc) is 2.72. The molecule has 0 N–H and O–H groups in total. The van der Waals surface area contributed by atoms with Crippen LogP contribution in [0.2, 0.25) is 0 Å². The van der Waals surface area contributed by atoms with Gasteiger partial charge in [0, 0.05) is 17.1 Å². The maximum absolute atomic E-state index is 12.1. The summed E-state index contributed by atoms with van der Waals surface area (Å²) in [6.07, 6.45) is 1.67. The van der Waals surface area contributed by atoms with Crippen molar-refractivity contribution in [1.29, 1.82) is 0 Å². The van der Waals surface area contributed by atoms with E-state index in [1.807, 2.05) is 24.3 Å². The molecular weight excluding hydrogens is 322 g/mol. The maximum Gasteiger partial charge on any atom is 0.346 e. The molecule has 20 heavy (non-hydrogen) atoms. The second kappa shape index (κ2) is 6.67. The van der Waals surface area contributed by atoms with Gasteiger partial charge in [0.15, 0.2) is 5.82 Å². The first-order chi connectivity index (χ1) is 9.63. The Hall–Kier alpha value is -1.66. The standard InChI is InChI=1S/C14H16BrN3O2/c1-3-8-20-9-7-18-14(19)17(2)13(16-18)11-5-4-6-12(15)10-11/h3-6,10H,1,7-9H2,2H3. The molecule has 2 aromatic rings. The van der Waals surface area contributed by atoms with Gasteiger partial charge in [-0.3, -0.25) is 4.57 Å². The Balaban J connectivity index is 2.23. The monoisotopic (exact) mass is 337 g/mol. The van der Waals surface area contributed by atoms with Crippen molar-refractivity contribution < 1.29 is 4.74 Å². The Bertz CT molecular complexity index is 661. The Kier molecular flexibility index (Phi) is 4.92. The molecule has 5 nitrogen and oxygen atoms in total. The summed E-state index contributed by atoms with van der Waals surface area (Å²) in [5.74, 6) is 0.639. The summed E-state index contributed by atoms with van der Waals surface area (Å²) >= 11 is 3.42. The molecule has 0 radical (unpaired) electrons. The SMILES string of the molecule is C=CCOCCn1nc(-c2cccc(Br)c2)n(C)c1=O. The smallest absolute Gasteiger partial charge is 0.346 e. The van der Waals surface area contributed by atoms with Crippen LogP contribution in [-0.4, -0.2) is 27.6 Å². The van der Waals surface area contributed by atoms with Crippen LogP contribution in [0.5, 0.6) is 0 Å². The molecule has 0 bridgehead atoms. The Morgan fingerprint density at radius 1 is 1.50 bits per heavy atom. The van der Waals surface area contributed by atoms with Gasteiger partial charge in [-0.25, -0.2) is 9.48 Å². The van der Waals surface area contributed by atoms with Crippen LogP contribution in [0.15, 0.2) is 46.2 Å². The second-order valence-electron chi connectivity index (χ2n) is 4.26. The summed E-state index contributed by atoms with van der Waals surface area (Å²) in [4.78, 5) is 12.1. The normalized spacial score (nSPS) is 10.7. The number of benzene rings is 1. The first-order valence-corrected chi connectivity index (χ1v) is 7.01. The van der Waals surface area contributed by atoms with Gasteiger partial charge < -0.3 is 4.74 Å². The number of halogens is 1. The van der Waals surface area contributed by atoms with Crippen LogP contribution < -0.4 is 5.69 Å². The molecule has 6 heteroatoms. The molecule has 2 rings (SSSR count). The summed E-state index contributed by atoms with van der Waals surface area (Å²) in [6.45, 7) is 4.90. The van der Waals surface area contributed by atoms with E-state index in [1.54, 1.807) is 13.1 Å². The van der Waals surface area contributed by atoms with Gasteiger partial charge in [-0.15, -0.1) is 11.7 Å². The van der Waals surface area contributed by atoms with E-state index >= 15 is 0 Å². The minimum Gasteiger partial charge on any atom is -0.375 e. The fourth-order valence-corrected chi connectivity index (χ4v) is 2.23. The van der Waals surface area contributed by atoms with Crippen molar-refractivity contribution in [3.8, 4) is 11.4 Å². The fourth-order valence-electron chi connectivity index (χ4n) is 1.83. The minimum atomic E-state index is -0.151. The molecule has 0 spiro atoms. The quantitative estimate of drug-likeness (QED) is 0.599. The van der Waals surface area contributed by atoms with Gasteiger partial charge in [-0.05, 0) is 12.1 Å². The lowest BCUT2D eigenvalue weighted by atomic mass is 10.2. The van der Waals surface area contributed by atoms with Crippen LogP contribution in [0.4, 0.5) is 0 Å². The number of nitrogens with zero attached hydrogens (tertiary/aromatic N) is 3. The van der Waals surface area contributed by atoms with Gasteiger partial charge in [0.2, 0.25) is 0 Å². The molecule has 0 saturated heterocycles. The van der Waals surface area contributed by atoms with Gasteiger partial charge in [-0.1, -0.05) is 34.1 Å². The molecule has 0 fully saturated rings. The second-order valence-corrected chi connectivity index (χ2v) is 5.18. The van der Waals surface area contributed by atoms with Crippen molar-refractivity contribution in [3.63, 3.8) is 0 Å². The van der Waals surface area contributed by atoms with Crippen LogP contribution in [-0.2, 0) is 18.3 Å². The lowest BCUT2D eigenvalue weighted by molar-refractivity contribution is 0.149. The number of ether oxygens (including phenoxy) is 1. The topological polar surface area (TPSA) is 49.0 Å². The van der Waals surface area contributed by atoms with E-state index in [-0.39, 0.29) is 5.69 Å². The molecule has 0 amide bonds. The zero-order chi connectivity index (χ0) is 14.5. The predicted molar refractivity (Wildman–Crippen MR) is 81.6 cm³/mol. The predicted octanol–water partition coefficient (Wildman–Crippen LogP) is 2.21. The van der Waals surface area contributed by atoms with Gasteiger partial charge in [0.1, 0.15) is 0 Å². The average molecular weight is 338 g/mol. The lowest BCUT2D eigenvalue weighted by Gasteiger charge is -2.00. The zero-order valence-corrected chi connectivity index (χ0v) is 12.8. The number of aromatic nitrogens is 3. The molecule has 0 atom stereocenters. The van der Waals surface area contributed by atoms with Crippen molar-refractivity contribution in [2.24, 2.45) is 7.05 Å². The molecule has 0 aliphatic heterocycles. The maximum atomic E-state index is 12.1. The Labute approximate surface area is 125 Å². The van der Waals surface area contributed by atoms with Crippen LogP contribution in [0.1, 0.15) is 0 Å². The minimum absolute atomic E-state index is 0.151. The summed E-state index contributed by atoms with van der Waals surface area (Å²) < 4.78 is 9.18. The van der Waals surface area contributed by atoms with E-state index in [2.05, 4.69) is 27.6 Å². The molecule has 0 saturated carbocycles. The summed E-state index contributed by atoms with van der Waals surface area (Å²) in [5.41, 5.74) is 0.743. The first-order valence-electron chi connectivity index (χ1n) is 6.22. The first kappa shape index (κ1) is 14.7. The highest BCUT2D eigenvalue weighted by Crippen LogP contribution is 2.19. The molecule has 106 valence electrons. The van der Waals surface area contributed by atoms with Crippen molar-refractivity contribution in [2.75, 3.05) is 13.2 Å². The van der Waals surface area contributed by atoms with Crippen LogP contribution >= 0.6 is 15.9 Å². The van der Waals surface area contributed by atoms with Crippen LogP contribution in [0.25, 0.3) is 11.4 Å². The van der Waals surface area contributed by atoms with Crippen molar-refractivity contribution in [3.05, 3.63) is 51.9 Å². The fraction of sp³-hybridized carbons (Fsp3) is 0.286. The Morgan fingerprint density at radius 3 is 3.00 bits per heavy atom. The van der Waals surface area contributed by atoms with E-state index in [9.17, 15) is 4.79 Å². The van der Waals surface area contributed by atoms with E-state index < -0.39 is 0 Å². The molecule has 1 aromatic carbocycles. The highest BCUT2D eigenvalue weighted by molar-refractivity contribution is 9.10. The van der Waals surface area contributed by atoms with Crippen LogP contribution in [0.3, 0.4) is 0 Å². The van der Waals surface area contributed by atoms with Crippen molar-refractivity contribution in [2.45, 2.75) is 6.54 Å². The summed E-state index contributed by atoms with van der Waals surface area (Å²) in [7, 11) is 1.71. The molecule has 1 aromatic heterocycles. The zero-order valence-electron chi connectivity index (χ0n) is 11.3. The van der Waals surface area contributed by atoms with Gasteiger partial charge in [-0.2, -0.15) is 0 Å². The summed E-state index contributed by atoms with van der Waals surface area (Å²) in [5, 5.41) is 4.36. The highest BCUT2D eigenvalue weighted by atomic mass is 79.9. The highest BCUT2D eigenvalue weighted by Gasteiger charge is 2.11. The van der Waals surface area contributed by atoms with E-state index in [4.69, 9.17) is 4.74 Å². The molecule has 1 heterocycles. The lowest BCUT2D eigenvalue weighted by Crippen LogP contribution is -2.25. The summed E-state index contributed by atoms with van der Waals surface area (Å²) in [6, 6.07) is 7.70.